The lowest BCUT2D eigenvalue weighted by Crippen LogP contribution is -2.28. The Labute approximate surface area is 114 Å². The van der Waals surface area contributed by atoms with E-state index >= 15 is 0 Å². The van der Waals surface area contributed by atoms with E-state index in [1.807, 2.05) is 34.6 Å². The van der Waals surface area contributed by atoms with E-state index in [1.165, 1.54) is 6.33 Å². The molecule has 0 saturated heterocycles. The maximum absolute atomic E-state index is 11.7. The van der Waals surface area contributed by atoms with Gasteiger partial charge in [0.05, 0.1) is 17.6 Å². The molecule has 0 radical (unpaired) electrons. The smallest absolute Gasteiger partial charge is 0.412 e. The third kappa shape index (κ3) is 6.15. The summed E-state index contributed by atoms with van der Waals surface area (Å²) in [5.74, 6) is 0. The van der Waals surface area contributed by atoms with Crippen molar-refractivity contribution in [1.29, 1.82) is 0 Å². The van der Waals surface area contributed by atoms with Gasteiger partial charge in [0.1, 0.15) is 11.9 Å². The lowest BCUT2D eigenvalue weighted by Gasteiger charge is -2.20. The number of anilines is 1. The third-order valence-electron chi connectivity index (χ3n) is 2.11. The maximum atomic E-state index is 11.7. The van der Waals surface area contributed by atoms with Gasteiger partial charge in [-0.2, -0.15) is 0 Å². The average Bonchev–Trinajstić information content (AvgIpc) is 2.25. The van der Waals surface area contributed by atoms with Crippen LogP contribution < -0.4 is 10.6 Å². The number of carbonyl (C=O) groups excluding carboxylic acids is 1. The summed E-state index contributed by atoms with van der Waals surface area (Å²) in [6.07, 6.45) is 2.51. The van der Waals surface area contributed by atoms with Gasteiger partial charge in [-0.3, -0.25) is 5.32 Å². The van der Waals surface area contributed by atoms with Gasteiger partial charge < -0.3 is 10.1 Å². The molecule has 106 valence electrons. The number of carbonyl (C=O) groups is 1. The van der Waals surface area contributed by atoms with Crippen molar-refractivity contribution in [2.45, 2.75) is 52.8 Å². The Hall–Kier alpha value is -1.69. The minimum absolute atomic E-state index is 0.337. The number of hydrogen-bond acceptors (Lipinski definition) is 5. The van der Waals surface area contributed by atoms with Crippen molar-refractivity contribution in [3.05, 3.63) is 18.2 Å². The fourth-order valence-corrected chi connectivity index (χ4v) is 1.31. The second kappa shape index (κ2) is 6.47. The molecule has 0 saturated carbocycles. The zero-order valence-electron chi connectivity index (χ0n) is 12.2. The van der Waals surface area contributed by atoms with Crippen LogP contribution in [0.25, 0.3) is 0 Å². The molecule has 0 spiro atoms. The van der Waals surface area contributed by atoms with Crippen LogP contribution in [0.4, 0.5) is 10.5 Å². The van der Waals surface area contributed by atoms with Crippen LogP contribution in [0.15, 0.2) is 12.5 Å². The van der Waals surface area contributed by atoms with Crippen molar-refractivity contribution in [2.24, 2.45) is 0 Å². The summed E-state index contributed by atoms with van der Waals surface area (Å²) >= 11 is 0. The molecule has 1 rings (SSSR count). The van der Waals surface area contributed by atoms with Gasteiger partial charge in [-0.05, 0) is 20.8 Å². The van der Waals surface area contributed by atoms with Crippen LogP contribution in [0.2, 0.25) is 0 Å². The third-order valence-corrected chi connectivity index (χ3v) is 2.11. The molecule has 1 aromatic rings. The number of amides is 1. The monoisotopic (exact) mass is 266 g/mol. The standard InChI is InChI=1S/C13H22N4O2/c1-9(2)15-7-10-11(6-14-8-16-10)17-12(18)19-13(3,4)5/h6,8-9,15H,7H2,1-5H3,(H,17,18). The van der Waals surface area contributed by atoms with Crippen LogP contribution in [0.5, 0.6) is 0 Å². The first-order valence-electron chi connectivity index (χ1n) is 6.30. The van der Waals surface area contributed by atoms with Crippen LogP contribution in [0, 0.1) is 0 Å². The van der Waals surface area contributed by atoms with Gasteiger partial charge >= 0.3 is 6.09 Å². The van der Waals surface area contributed by atoms with Crippen LogP contribution in [-0.2, 0) is 11.3 Å². The molecule has 0 unspecified atom stereocenters. The van der Waals surface area contributed by atoms with Crippen molar-refractivity contribution in [3.8, 4) is 0 Å². The minimum atomic E-state index is -0.532. The van der Waals surface area contributed by atoms with Gasteiger partial charge in [0.15, 0.2) is 0 Å². The quantitative estimate of drug-likeness (QED) is 0.874. The predicted molar refractivity (Wildman–Crippen MR) is 73.9 cm³/mol. The number of aromatic nitrogens is 2. The first kappa shape index (κ1) is 15.4. The van der Waals surface area contributed by atoms with Crippen molar-refractivity contribution in [1.82, 2.24) is 15.3 Å². The van der Waals surface area contributed by atoms with Gasteiger partial charge in [0, 0.05) is 12.6 Å². The Morgan fingerprint density at radius 2 is 2.11 bits per heavy atom. The molecule has 0 aliphatic rings. The van der Waals surface area contributed by atoms with Gasteiger partial charge in [-0.1, -0.05) is 13.8 Å². The topological polar surface area (TPSA) is 76.1 Å². The molecule has 0 aliphatic heterocycles. The Bertz CT molecular complexity index is 427. The summed E-state index contributed by atoms with van der Waals surface area (Å²) in [5.41, 5.74) is 0.759. The van der Waals surface area contributed by atoms with E-state index in [0.717, 1.165) is 5.69 Å². The molecular formula is C13H22N4O2. The highest BCUT2D eigenvalue weighted by atomic mass is 16.6. The first-order valence-corrected chi connectivity index (χ1v) is 6.30. The van der Waals surface area contributed by atoms with Crippen molar-refractivity contribution in [2.75, 3.05) is 5.32 Å². The number of rotatable bonds is 4. The van der Waals surface area contributed by atoms with Crippen LogP contribution in [-0.4, -0.2) is 27.7 Å². The summed E-state index contributed by atoms with van der Waals surface area (Å²) in [4.78, 5) is 19.8. The molecular weight excluding hydrogens is 244 g/mol. The summed E-state index contributed by atoms with van der Waals surface area (Å²) in [6.45, 7) is 10.1. The van der Waals surface area contributed by atoms with Gasteiger partial charge in [0.25, 0.3) is 0 Å². The summed E-state index contributed by atoms with van der Waals surface area (Å²) < 4.78 is 5.20. The fraction of sp³-hybridized carbons (Fsp3) is 0.615. The van der Waals surface area contributed by atoms with E-state index in [0.29, 0.717) is 18.3 Å². The highest BCUT2D eigenvalue weighted by molar-refractivity contribution is 5.85. The molecule has 6 heteroatoms. The Balaban J connectivity index is 2.69. The molecule has 0 atom stereocenters. The Kier molecular flexibility index (Phi) is 5.23. The molecule has 1 aromatic heterocycles. The first-order chi connectivity index (χ1) is 8.78. The van der Waals surface area contributed by atoms with Crippen LogP contribution in [0.1, 0.15) is 40.3 Å². The minimum Gasteiger partial charge on any atom is -0.444 e. The van der Waals surface area contributed by atoms with Crippen molar-refractivity contribution < 1.29 is 9.53 Å². The van der Waals surface area contributed by atoms with E-state index in [-0.39, 0.29) is 0 Å². The van der Waals surface area contributed by atoms with Gasteiger partial charge in [-0.15, -0.1) is 0 Å². The highest BCUT2D eigenvalue weighted by Crippen LogP contribution is 2.13. The van der Waals surface area contributed by atoms with E-state index in [4.69, 9.17) is 4.74 Å². The number of hydrogen-bond donors (Lipinski definition) is 2. The zero-order chi connectivity index (χ0) is 14.5. The number of nitrogens with one attached hydrogen (secondary N) is 2. The van der Waals surface area contributed by atoms with E-state index < -0.39 is 11.7 Å². The summed E-state index contributed by atoms with van der Waals surface area (Å²) in [6, 6.07) is 0.337. The molecule has 0 bridgehead atoms. The molecule has 2 N–H and O–H groups in total. The molecule has 6 nitrogen and oxygen atoms in total. The van der Waals surface area contributed by atoms with E-state index in [9.17, 15) is 4.79 Å². The molecule has 0 fully saturated rings. The van der Waals surface area contributed by atoms with E-state index in [1.54, 1.807) is 6.20 Å². The average molecular weight is 266 g/mol. The lowest BCUT2D eigenvalue weighted by molar-refractivity contribution is 0.0635. The highest BCUT2D eigenvalue weighted by Gasteiger charge is 2.17. The molecule has 0 aromatic carbocycles. The van der Waals surface area contributed by atoms with Gasteiger partial charge in [0.2, 0.25) is 0 Å². The van der Waals surface area contributed by atoms with Crippen molar-refractivity contribution in [3.63, 3.8) is 0 Å². The molecule has 1 heterocycles. The normalized spacial score (nSPS) is 11.5. The molecule has 1 amide bonds. The maximum Gasteiger partial charge on any atom is 0.412 e. The SMILES string of the molecule is CC(C)NCc1ncncc1NC(=O)OC(C)(C)C. The summed E-state index contributed by atoms with van der Waals surface area (Å²) in [5, 5.41) is 5.91. The molecule has 19 heavy (non-hydrogen) atoms. The number of nitrogens with zero attached hydrogens (tertiary/aromatic N) is 2. The summed E-state index contributed by atoms with van der Waals surface area (Å²) in [7, 11) is 0. The van der Waals surface area contributed by atoms with Crippen molar-refractivity contribution >= 4 is 11.8 Å². The zero-order valence-corrected chi connectivity index (χ0v) is 12.2. The predicted octanol–water partition coefficient (Wildman–Crippen LogP) is 2.32. The van der Waals surface area contributed by atoms with E-state index in [2.05, 4.69) is 20.6 Å². The second-order valence-corrected chi connectivity index (χ2v) is 5.55. The molecule has 0 aliphatic carbocycles. The van der Waals surface area contributed by atoms with Crippen LogP contribution >= 0.6 is 0 Å². The Morgan fingerprint density at radius 3 is 2.68 bits per heavy atom. The second-order valence-electron chi connectivity index (χ2n) is 5.55. The largest absolute Gasteiger partial charge is 0.444 e. The lowest BCUT2D eigenvalue weighted by atomic mass is 10.2. The van der Waals surface area contributed by atoms with Gasteiger partial charge in [-0.25, -0.2) is 14.8 Å². The Morgan fingerprint density at radius 1 is 1.42 bits per heavy atom. The van der Waals surface area contributed by atoms with Crippen LogP contribution in [0.3, 0.4) is 0 Å². The number of ether oxygens (including phenoxy) is 1. The fourth-order valence-electron chi connectivity index (χ4n) is 1.31.